The largest absolute Gasteiger partial charge is 0.350 e. The molecule has 0 aliphatic heterocycles. The van der Waals surface area contributed by atoms with Gasteiger partial charge in [0.25, 0.3) is 0 Å². The highest BCUT2D eigenvalue weighted by molar-refractivity contribution is 9.10. The average Bonchev–Trinajstić information content (AvgIpc) is 2.84. The highest BCUT2D eigenvalue weighted by Crippen LogP contribution is 2.30. The summed E-state index contributed by atoms with van der Waals surface area (Å²) in [7, 11) is 3.11. The Balaban J connectivity index is 2.31. The molecule has 96 valence electrons. The van der Waals surface area contributed by atoms with Crippen molar-refractivity contribution in [3.8, 4) is 10.6 Å². The second kappa shape index (κ2) is 5.88. The topological polar surface area (TPSA) is 31.4 Å². The van der Waals surface area contributed by atoms with Gasteiger partial charge in [0, 0.05) is 25.2 Å². The van der Waals surface area contributed by atoms with Gasteiger partial charge >= 0.3 is 0 Å². The lowest BCUT2D eigenvalue weighted by Crippen LogP contribution is -2.03. The molecule has 2 aromatic rings. The molecule has 0 aliphatic carbocycles. The molecule has 3 nitrogen and oxygen atoms in total. The molecule has 0 saturated carbocycles. The summed E-state index contributed by atoms with van der Waals surface area (Å²) in [5.74, 6) is -0.290. The maximum absolute atomic E-state index is 13.2. The van der Waals surface area contributed by atoms with Crippen molar-refractivity contribution in [2.75, 3.05) is 14.2 Å². The van der Waals surface area contributed by atoms with Crippen LogP contribution in [0.5, 0.6) is 0 Å². The zero-order valence-electron chi connectivity index (χ0n) is 9.81. The minimum atomic E-state index is -0.473. The molecule has 0 spiro atoms. The van der Waals surface area contributed by atoms with Crippen LogP contribution >= 0.6 is 27.3 Å². The highest BCUT2D eigenvalue weighted by atomic mass is 79.9. The maximum Gasteiger partial charge on any atom is 0.201 e. The molecular formula is C12H11BrFNO2S. The summed E-state index contributed by atoms with van der Waals surface area (Å²) in [5, 5.41) is 2.66. The zero-order valence-corrected chi connectivity index (χ0v) is 12.2. The summed E-state index contributed by atoms with van der Waals surface area (Å²) < 4.78 is 23.8. The first-order valence-electron chi connectivity index (χ1n) is 5.12. The lowest BCUT2D eigenvalue weighted by molar-refractivity contribution is -0.108. The Bertz CT molecular complexity index is 543. The standard InChI is InChI=1S/C12H11BrFNO2S/c1-16-12(17-2)10-6-18-11(15-10)7-3-4-9(14)8(13)5-7/h3-6,12H,1-2H3. The Hall–Kier alpha value is -0.820. The molecule has 0 aliphatic rings. The van der Waals surface area contributed by atoms with Crippen LogP contribution in [-0.4, -0.2) is 19.2 Å². The van der Waals surface area contributed by atoms with E-state index in [4.69, 9.17) is 9.47 Å². The van der Waals surface area contributed by atoms with Gasteiger partial charge in [0.1, 0.15) is 16.5 Å². The second-order valence-electron chi connectivity index (χ2n) is 3.51. The minimum Gasteiger partial charge on any atom is -0.350 e. The quantitative estimate of drug-likeness (QED) is 0.793. The van der Waals surface area contributed by atoms with Gasteiger partial charge in [-0.2, -0.15) is 0 Å². The molecule has 1 heterocycles. The Morgan fingerprint density at radius 3 is 2.67 bits per heavy atom. The zero-order chi connectivity index (χ0) is 13.1. The van der Waals surface area contributed by atoms with Gasteiger partial charge in [-0.25, -0.2) is 9.37 Å². The van der Waals surface area contributed by atoms with Crippen molar-refractivity contribution in [3.63, 3.8) is 0 Å². The van der Waals surface area contributed by atoms with Gasteiger partial charge in [-0.1, -0.05) is 0 Å². The first-order chi connectivity index (χ1) is 8.65. The maximum atomic E-state index is 13.2. The fourth-order valence-corrected chi connectivity index (χ4v) is 2.69. The molecule has 1 aromatic heterocycles. The fraction of sp³-hybridized carbons (Fsp3) is 0.250. The molecule has 0 amide bonds. The number of rotatable bonds is 4. The van der Waals surface area contributed by atoms with Gasteiger partial charge in [-0.05, 0) is 34.1 Å². The number of thiazole rings is 1. The smallest absolute Gasteiger partial charge is 0.201 e. The van der Waals surface area contributed by atoms with Crippen molar-refractivity contribution >= 4 is 27.3 Å². The van der Waals surface area contributed by atoms with Gasteiger partial charge < -0.3 is 9.47 Å². The molecule has 0 unspecified atom stereocenters. The molecule has 0 N–H and O–H groups in total. The van der Waals surface area contributed by atoms with Crippen molar-refractivity contribution in [1.82, 2.24) is 4.98 Å². The van der Waals surface area contributed by atoms with E-state index in [1.54, 1.807) is 26.4 Å². The minimum absolute atomic E-state index is 0.290. The van der Waals surface area contributed by atoms with Crippen LogP contribution in [0.1, 0.15) is 12.0 Å². The number of hydrogen-bond donors (Lipinski definition) is 0. The van der Waals surface area contributed by atoms with Crippen molar-refractivity contribution < 1.29 is 13.9 Å². The summed E-state index contributed by atoms with van der Waals surface area (Å²) >= 11 is 4.62. The molecular weight excluding hydrogens is 321 g/mol. The van der Waals surface area contributed by atoms with E-state index in [2.05, 4.69) is 20.9 Å². The van der Waals surface area contributed by atoms with E-state index in [-0.39, 0.29) is 5.82 Å². The molecule has 0 fully saturated rings. The molecule has 6 heteroatoms. The van der Waals surface area contributed by atoms with Crippen LogP contribution in [0.15, 0.2) is 28.1 Å². The van der Waals surface area contributed by atoms with Gasteiger partial charge in [0.15, 0.2) is 0 Å². The Morgan fingerprint density at radius 1 is 1.33 bits per heavy atom. The average molecular weight is 332 g/mol. The van der Waals surface area contributed by atoms with Crippen LogP contribution in [-0.2, 0) is 9.47 Å². The van der Waals surface area contributed by atoms with E-state index in [1.807, 2.05) is 5.38 Å². The first-order valence-corrected chi connectivity index (χ1v) is 6.79. The van der Waals surface area contributed by atoms with Crippen molar-refractivity contribution in [1.29, 1.82) is 0 Å². The van der Waals surface area contributed by atoms with E-state index in [1.165, 1.54) is 17.4 Å². The summed E-state index contributed by atoms with van der Waals surface area (Å²) in [5.41, 5.74) is 1.56. The number of nitrogens with zero attached hydrogens (tertiary/aromatic N) is 1. The third-order valence-corrected chi connectivity index (χ3v) is 3.88. The van der Waals surface area contributed by atoms with Gasteiger partial charge in [0.05, 0.1) is 4.47 Å². The van der Waals surface area contributed by atoms with Gasteiger partial charge in [-0.15, -0.1) is 11.3 Å². The molecule has 0 bridgehead atoms. The third-order valence-electron chi connectivity index (χ3n) is 2.36. The number of halogens is 2. The van der Waals surface area contributed by atoms with Crippen LogP contribution in [0.2, 0.25) is 0 Å². The number of aromatic nitrogens is 1. The summed E-state index contributed by atoms with van der Waals surface area (Å²) in [4.78, 5) is 4.42. The van der Waals surface area contributed by atoms with E-state index in [9.17, 15) is 4.39 Å². The Labute approximate surface area is 117 Å². The second-order valence-corrected chi connectivity index (χ2v) is 5.22. The van der Waals surface area contributed by atoms with E-state index in [0.717, 1.165) is 10.6 Å². The molecule has 0 saturated heterocycles. The van der Waals surface area contributed by atoms with Crippen molar-refractivity contribution in [3.05, 3.63) is 39.6 Å². The number of benzene rings is 1. The van der Waals surface area contributed by atoms with Crippen LogP contribution in [0.25, 0.3) is 10.6 Å². The van der Waals surface area contributed by atoms with Crippen molar-refractivity contribution in [2.45, 2.75) is 6.29 Å². The van der Waals surface area contributed by atoms with Crippen LogP contribution in [0, 0.1) is 5.82 Å². The summed E-state index contributed by atoms with van der Waals surface area (Å²) in [6, 6.07) is 4.80. The van der Waals surface area contributed by atoms with E-state index >= 15 is 0 Å². The molecule has 18 heavy (non-hydrogen) atoms. The predicted molar refractivity (Wildman–Crippen MR) is 72.0 cm³/mol. The molecule has 0 radical (unpaired) electrons. The SMILES string of the molecule is COC(OC)c1csc(-c2ccc(F)c(Br)c2)n1. The lowest BCUT2D eigenvalue weighted by atomic mass is 10.2. The lowest BCUT2D eigenvalue weighted by Gasteiger charge is -2.09. The summed E-state index contributed by atoms with van der Waals surface area (Å²) in [6.45, 7) is 0. The predicted octanol–water partition coefficient (Wildman–Crippen LogP) is 4.00. The Morgan fingerprint density at radius 2 is 2.06 bits per heavy atom. The third kappa shape index (κ3) is 2.77. The summed E-state index contributed by atoms with van der Waals surface area (Å²) in [6.07, 6.45) is -0.473. The van der Waals surface area contributed by atoms with Crippen LogP contribution in [0.4, 0.5) is 4.39 Å². The van der Waals surface area contributed by atoms with Gasteiger partial charge in [0.2, 0.25) is 6.29 Å². The van der Waals surface area contributed by atoms with Crippen LogP contribution < -0.4 is 0 Å². The first kappa shape index (κ1) is 13.6. The number of hydrogen-bond acceptors (Lipinski definition) is 4. The number of ether oxygens (including phenoxy) is 2. The van der Waals surface area contributed by atoms with Crippen LogP contribution in [0.3, 0.4) is 0 Å². The highest BCUT2D eigenvalue weighted by Gasteiger charge is 2.14. The fourth-order valence-electron chi connectivity index (χ4n) is 1.49. The number of methoxy groups -OCH3 is 2. The van der Waals surface area contributed by atoms with Gasteiger partial charge in [-0.3, -0.25) is 0 Å². The van der Waals surface area contributed by atoms with E-state index < -0.39 is 6.29 Å². The normalized spacial score (nSPS) is 11.2. The molecule has 2 rings (SSSR count). The Kier molecular flexibility index (Phi) is 4.45. The molecule has 1 aromatic carbocycles. The molecule has 0 atom stereocenters. The van der Waals surface area contributed by atoms with E-state index in [0.29, 0.717) is 10.2 Å². The van der Waals surface area contributed by atoms with Crippen molar-refractivity contribution in [2.24, 2.45) is 0 Å². The monoisotopic (exact) mass is 331 g/mol.